The van der Waals surface area contributed by atoms with Crippen molar-refractivity contribution in [1.29, 1.82) is 0 Å². The maximum atomic E-state index is 11.9. The predicted molar refractivity (Wildman–Crippen MR) is 88.3 cm³/mol. The number of hydrogen-bond acceptors (Lipinski definition) is 5. The van der Waals surface area contributed by atoms with Crippen molar-refractivity contribution in [2.75, 3.05) is 17.7 Å². The number of nitrogens with one attached hydrogen (secondary N) is 1. The summed E-state index contributed by atoms with van der Waals surface area (Å²) in [5.41, 5.74) is 8.66. The minimum absolute atomic E-state index is 0.307. The van der Waals surface area contributed by atoms with E-state index in [1.807, 2.05) is 25.1 Å². The van der Waals surface area contributed by atoms with Crippen molar-refractivity contribution in [3.8, 4) is 0 Å². The zero-order chi connectivity index (χ0) is 15.9. The number of pyridine rings is 1. The number of anilines is 3. The molecule has 0 atom stereocenters. The Morgan fingerprint density at radius 3 is 2.91 bits per heavy atom. The number of nitrogen functional groups attached to an aromatic ring is 1. The molecule has 0 bridgehead atoms. The number of nitrogens with zero attached hydrogens (tertiary/aromatic N) is 1. The van der Waals surface area contributed by atoms with Gasteiger partial charge in [-0.15, -0.1) is 0 Å². The lowest BCUT2D eigenvalue weighted by Crippen LogP contribution is -2.06. The Labute approximate surface area is 130 Å². The minimum atomic E-state index is -0.307. The average Bonchev–Trinajstić information content (AvgIpc) is 2.51. The van der Waals surface area contributed by atoms with Crippen molar-refractivity contribution < 1.29 is 9.53 Å². The second-order valence-electron chi connectivity index (χ2n) is 5.12. The lowest BCUT2D eigenvalue weighted by Gasteiger charge is -2.09. The van der Waals surface area contributed by atoms with E-state index in [1.54, 1.807) is 18.3 Å². The number of esters is 1. The minimum Gasteiger partial charge on any atom is -0.462 e. The summed E-state index contributed by atoms with van der Waals surface area (Å²) in [4.78, 5) is 16.2. The monoisotopic (exact) mass is 299 g/mol. The first-order chi connectivity index (χ1) is 10.6. The highest BCUT2D eigenvalue weighted by atomic mass is 16.5. The molecule has 2 aromatic rings. The molecule has 0 aliphatic heterocycles. The first kappa shape index (κ1) is 15.8. The Bertz CT molecular complexity index is 656. The van der Waals surface area contributed by atoms with Gasteiger partial charge in [0.1, 0.15) is 5.82 Å². The van der Waals surface area contributed by atoms with Crippen molar-refractivity contribution in [3.63, 3.8) is 0 Å². The fraction of sp³-hybridized carbons (Fsp3) is 0.294. The van der Waals surface area contributed by atoms with Gasteiger partial charge < -0.3 is 15.8 Å². The van der Waals surface area contributed by atoms with Gasteiger partial charge in [-0.2, -0.15) is 0 Å². The fourth-order valence-electron chi connectivity index (χ4n) is 1.90. The summed E-state index contributed by atoms with van der Waals surface area (Å²) in [7, 11) is 0. The van der Waals surface area contributed by atoms with E-state index in [0.717, 1.165) is 24.1 Å². The number of aromatic nitrogens is 1. The van der Waals surface area contributed by atoms with Crippen LogP contribution in [0.25, 0.3) is 0 Å². The number of aryl methyl sites for hydroxylation is 1. The maximum absolute atomic E-state index is 11.9. The van der Waals surface area contributed by atoms with Gasteiger partial charge in [-0.1, -0.05) is 19.4 Å². The summed E-state index contributed by atoms with van der Waals surface area (Å²) in [5.74, 6) is 0.377. The third kappa shape index (κ3) is 4.22. The fourth-order valence-corrected chi connectivity index (χ4v) is 1.90. The van der Waals surface area contributed by atoms with Gasteiger partial charge >= 0.3 is 5.97 Å². The molecular formula is C17H21N3O2. The third-order valence-corrected chi connectivity index (χ3v) is 3.25. The molecule has 0 saturated heterocycles. The number of unbranched alkanes of at least 4 members (excludes halogenated alkanes) is 1. The molecule has 0 amide bonds. The van der Waals surface area contributed by atoms with Gasteiger partial charge in [-0.3, -0.25) is 0 Å². The van der Waals surface area contributed by atoms with Crippen LogP contribution in [0.2, 0.25) is 0 Å². The van der Waals surface area contributed by atoms with E-state index in [-0.39, 0.29) is 5.97 Å². The van der Waals surface area contributed by atoms with Crippen LogP contribution >= 0.6 is 0 Å². The number of benzene rings is 1. The summed E-state index contributed by atoms with van der Waals surface area (Å²) >= 11 is 0. The standard InChI is InChI=1S/C17H21N3O2/c1-3-4-8-22-17(21)13-6-5-7-14(10-13)20-16-9-12(2)15(18)11-19-16/h5-7,9-11H,3-4,8,18H2,1-2H3,(H,19,20). The smallest absolute Gasteiger partial charge is 0.338 e. The molecule has 0 radical (unpaired) electrons. The molecule has 22 heavy (non-hydrogen) atoms. The Morgan fingerprint density at radius 2 is 2.18 bits per heavy atom. The average molecular weight is 299 g/mol. The number of rotatable bonds is 6. The lowest BCUT2D eigenvalue weighted by molar-refractivity contribution is 0.0500. The zero-order valence-corrected chi connectivity index (χ0v) is 12.9. The predicted octanol–water partition coefficient (Wildman–Crippen LogP) is 3.67. The number of hydrogen-bond donors (Lipinski definition) is 2. The SMILES string of the molecule is CCCCOC(=O)c1cccc(Nc2cc(C)c(N)cn2)c1. The highest BCUT2D eigenvalue weighted by Gasteiger charge is 2.08. The van der Waals surface area contributed by atoms with Crippen molar-refractivity contribution in [2.45, 2.75) is 26.7 Å². The molecule has 0 aliphatic carbocycles. The molecule has 0 spiro atoms. The topological polar surface area (TPSA) is 77.2 Å². The molecule has 5 heteroatoms. The molecule has 0 unspecified atom stereocenters. The van der Waals surface area contributed by atoms with E-state index in [4.69, 9.17) is 10.5 Å². The van der Waals surface area contributed by atoms with Crippen molar-refractivity contribution in [1.82, 2.24) is 4.98 Å². The van der Waals surface area contributed by atoms with Gasteiger partial charge in [0.15, 0.2) is 0 Å². The van der Waals surface area contributed by atoms with Gasteiger partial charge in [0, 0.05) is 5.69 Å². The van der Waals surface area contributed by atoms with Crippen LogP contribution in [-0.2, 0) is 4.74 Å². The molecule has 3 N–H and O–H groups in total. The molecule has 1 aromatic heterocycles. The molecule has 1 aromatic carbocycles. The highest BCUT2D eigenvalue weighted by Crippen LogP contribution is 2.19. The maximum Gasteiger partial charge on any atom is 0.338 e. The van der Waals surface area contributed by atoms with Crippen LogP contribution < -0.4 is 11.1 Å². The Morgan fingerprint density at radius 1 is 1.36 bits per heavy atom. The molecule has 1 heterocycles. The van der Waals surface area contributed by atoms with E-state index in [2.05, 4.69) is 17.2 Å². The molecule has 0 fully saturated rings. The Hall–Kier alpha value is -2.56. The van der Waals surface area contributed by atoms with Crippen LogP contribution in [0, 0.1) is 6.92 Å². The summed E-state index contributed by atoms with van der Waals surface area (Å²) < 4.78 is 5.21. The van der Waals surface area contributed by atoms with Gasteiger partial charge in [-0.25, -0.2) is 9.78 Å². The van der Waals surface area contributed by atoms with Gasteiger partial charge in [0.05, 0.1) is 24.1 Å². The normalized spacial score (nSPS) is 10.3. The van der Waals surface area contributed by atoms with Gasteiger partial charge in [-0.05, 0) is 43.2 Å². The summed E-state index contributed by atoms with van der Waals surface area (Å²) in [5, 5.41) is 3.16. The van der Waals surface area contributed by atoms with Crippen LogP contribution in [0.15, 0.2) is 36.5 Å². The number of carbonyl (C=O) groups excluding carboxylic acids is 1. The Balaban J connectivity index is 2.07. The molecule has 0 saturated carbocycles. The molecule has 0 aliphatic rings. The van der Waals surface area contributed by atoms with Crippen molar-refractivity contribution in [2.24, 2.45) is 0 Å². The number of nitrogens with two attached hydrogens (primary N) is 1. The largest absolute Gasteiger partial charge is 0.462 e. The lowest BCUT2D eigenvalue weighted by atomic mass is 10.2. The molecule has 5 nitrogen and oxygen atoms in total. The summed E-state index contributed by atoms with van der Waals surface area (Å²) in [6, 6.07) is 9.03. The first-order valence-electron chi connectivity index (χ1n) is 7.36. The van der Waals surface area contributed by atoms with E-state index >= 15 is 0 Å². The van der Waals surface area contributed by atoms with E-state index < -0.39 is 0 Å². The van der Waals surface area contributed by atoms with Crippen molar-refractivity contribution in [3.05, 3.63) is 47.7 Å². The quantitative estimate of drug-likeness (QED) is 0.628. The number of ether oxygens (including phenoxy) is 1. The van der Waals surface area contributed by atoms with Gasteiger partial charge in [0.25, 0.3) is 0 Å². The molecule has 116 valence electrons. The third-order valence-electron chi connectivity index (χ3n) is 3.25. The zero-order valence-electron chi connectivity index (χ0n) is 12.9. The first-order valence-corrected chi connectivity index (χ1v) is 7.36. The molecule has 2 rings (SSSR count). The molecular weight excluding hydrogens is 278 g/mol. The second kappa shape index (κ2) is 7.45. The Kier molecular flexibility index (Phi) is 5.36. The van der Waals surface area contributed by atoms with Gasteiger partial charge in [0.2, 0.25) is 0 Å². The van der Waals surface area contributed by atoms with Crippen LogP contribution in [0.4, 0.5) is 17.2 Å². The van der Waals surface area contributed by atoms with Crippen LogP contribution in [0.3, 0.4) is 0 Å². The van der Waals surface area contributed by atoms with E-state index in [0.29, 0.717) is 23.7 Å². The van der Waals surface area contributed by atoms with Crippen LogP contribution in [-0.4, -0.2) is 17.6 Å². The van der Waals surface area contributed by atoms with Crippen LogP contribution in [0.5, 0.6) is 0 Å². The van der Waals surface area contributed by atoms with E-state index in [9.17, 15) is 4.79 Å². The second-order valence-corrected chi connectivity index (χ2v) is 5.12. The number of carbonyl (C=O) groups is 1. The van der Waals surface area contributed by atoms with Crippen LogP contribution in [0.1, 0.15) is 35.7 Å². The highest BCUT2D eigenvalue weighted by molar-refractivity contribution is 5.90. The van der Waals surface area contributed by atoms with E-state index in [1.165, 1.54) is 0 Å². The summed E-state index contributed by atoms with van der Waals surface area (Å²) in [6.07, 6.45) is 3.48. The van der Waals surface area contributed by atoms with Crippen molar-refractivity contribution >= 4 is 23.2 Å². The summed E-state index contributed by atoms with van der Waals surface area (Å²) in [6.45, 7) is 4.43.